The van der Waals surface area contributed by atoms with Crippen molar-refractivity contribution >= 4 is 28.3 Å². The Bertz CT molecular complexity index is 891. The van der Waals surface area contributed by atoms with Gasteiger partial charge in [-0.25, -0.2) is 4.98 Å². The first-order valence-corrected chi connectivity index (χ1v) is 9.38. The van der Waals surface area contributed by atoms with Gasteiger partial charge >= 0.3 is 0 Å². The summed E-state index contributed by atoms with van der Waals surface area (Å²) in [5, 5.41) is 4.88. The highest BCUT2D eigenvalue weighted by atomic mass is 32.1. The smallest absolute Gasteiger partial charge is 0.293 e. The van der Waals surface area contributed by atoms with Crippen molar-refractivity contribution in [2.24, 2.45) is 0 Å². The molecule has 3 aromatic rings. The summed E-state index contributed by atoms with van der Waals surface area (Å²) < 4.78 is 5.05. The highest BCUT2D eigenvalue weighted by molar-refractivity contribution is 7.14. The monoisotopic (exact) mass is 384 g/mol. The summed E-state index contributed by atoms with van der Waals surface area (Å²) >= 11 is 1.28. The van der Waals surface area contributed by atoms with E-state index in [0.717, 1.165) is 5.56 Å². The Hall–Kier alpha value is -3.00. The van der Waals surface area contributed by atoms with E-state index in [1.165, 1.54) is 17.6 Å². The molecule has 0 atom stereocenters. The normalized spacial score (nSPS) is 10.8. The van der Waals surface area contributed by atoms with E-state index < -0.39 is 0 Å². The van der Waals surface area contributed by atoms with Gasteiger partial charge in [0.25, 0.3) is 5.91 Å². The first kappa shape index (κ1) is 18.8. The molecule has 0 aliphatic heterocycles. The maximum Gasteiger partial charge on any atom is 0.293 e. The quantitative estimate of drug-likeness (QED) is 0.675. The van der Waals surface area contributed by atoms with Gasteiger partial charge in [-0.2, -0.15) is 0 Å². The van der Waals surface area contributed by atoms with Crippen LogP contribution in [0.1, 0.15) is 35.7 Å². The zero-order chi connectivity index (χ0) is 19.2. The van der Waals surface area contributed by atoms with Crippen molar-refractivity contribution in [3.8, 4) is 0 Å². The number of furan rings is 1. The molecule has 1 N–H and O–H groups in total. The summed E-state index contributed by atoms with van der Waals surface area (Å²) in [7, 11) is 0. The van der Waals surface area contributed by atoms with Crippen LogP contribution in [0.5, 0.6) is 0 Å². The van der Waals surface area contributed by atoms with Gasteiger partial charge in [-0.05, 0) is 37.6 Å². The van der Waals surface area contributed by atoms with Crippen LogP contribution >= 0.6 is 11.3 Å². The number of carbonyl (C=O) groups is 2. The van der Waals surface area contributed by atoms with E-state index in [4.69, 9.17) is 4.42 Å². The Kier molecular flexibility index (Phi) is 5.97. The summed E-state index contributed by atoms with van der Waals surface area (Å²) in [6, 6.07) is 7.07. The van der Waals surface area contributed by atoms with Gasteiger partial charge in [0.1, 0.15) is 0 Å². The lowest BCUT2D eigenvalue weighted by Gasteiger charge is -2.26. The molecule has 0 aliphatic carbocycles. The Labute approximate surface area is 161 Å². The van der Waals surface area contributed by atoms with Crippen LogP contribution in [0, 0.1) is 0 Å². The molecule has 0 saturated heterocycles. The van der Waals surface area contributed by atoms with Crippen LogP contribution in [-0.4, -0.2) is 32.7 Å². The van der Waals surface area contributed by atoms with Crippen LogP contribution in [0.15, 0.2) is 52.7 Å². The van der Waals surface area contributed by atoms with Crippen molar-refractivity contribution in [3.05, 3.63) is 65.3 Å². The minimum atomic E-state index is -0.368. The van der Waals surface area contributed by atoms with Crippen LogP contribution < -0.4 is 5.32 Å². The SMILES string of the molecule is CC(C)N(Cc1cccnc1)C(=O)Cc1csc(NC(=O)c2ccco2)n1. The minimum Gasteiger partial charge on any atom is -0.459 e. The van der Waals surface area contributed by atoms with Gasteiger partial charge in [0.05, 0.1) is 18.4 Å². The van der Waals surface area contributed by atoms with Crippen LogP contribution in [0.2, 0.25) is 0 Å². The second-order valence-electron chi connectivity index (χ2n) is 6.23. The zero-order valence-corrected chi connectivity index (χ0v) is 15.9. The first-order chi connectivity index (χ1) is 13.0. The highest BCUT2D eigenvalue weighted by Crippen LogP contribution is 2.18. The molecule has 0 aliphatic rings. The number of amides is 2. The highest BCUT2D eigenvalue weighted by Gasteiger charge is 2.19. The van der Waals surface area contributed by atoms with Crippen molar-refractivity contribution in [2.45, 2.75) is 32.9 Å². The molecule has 27 heavy (non-hydrogen) atoms. The van der Waals surface area contributed by atoms with Crippen molar-refractivity contribution in [1.82, 2.24) is 14.9 Å². The van der Waals surface area contributed by atoms with E-state index in [0.29, 0.717) is 17.4 Å². The van der Waals surface area contributed by atoms with Crippen molar-refractivity contribution in [2.75, 3.05) is 5.32 Å². The number of rotatable bonds is 7. The van der Waals surface area contributed by atoms with Gasteiger partial charge in [-0.1, -0.05) is 6.07 Å². The summed E-state index contributed by atoms with van der Waals surface area (Å²) in [5.41, 5.74) is 1.60. The Balaban J connectivity index is 1.62. The fraction of sp³-hybridized carbons (Fsp3) is 0.263. The molecule has 7 nitrogen and oxygen atoms in total. The average Bonchev–Trinajstić information content (AvgIpc) is 3.32. The van der Waals surface area contributed by atoms with E-state index in [1.807, 2.05) is 26.0 Å². The lowest BCUT2D eigenvalue weighted by atomic mass is 10.2. The lowest BCUT2D eigenvalue weighted by molar-refractivity contribution is -0.132. The maximum absolute atomic E-state index is 12.7. The molecule has 0 bridgehead atoms. The number of anilines is 1. The van der Waals surface area contributed by atoms with Crippen molar-refractivity contribution < 1.29 is 14.0 Å². The second-order valence-corrected chi connectivity index (χ2v) is 7.09. The molecular weight excluding hydrogens is 364 g/mol. The van der Waals surface area contributed by atoms with Crippen molar-refractivity contribution in [1.29, 1.82) is 0 Å². The maximum atomic E-state index is 12.7. The molecule has 140 valence electrons. The van der Waals surface area contributed by atoms with E-state index in [2.05, 4.69) is 15.3 Å². The molecule has 0 saturated carbocycles. The Morgan fingerprint density at radius 1 is 1.30 bits per heavy atom. The van der Waals surface area contributed by atoms with E-state index in [9.17, 15) is 9.59 Å². The zero-order valence-electron chi connectivity index (χ0n) is 15.1. The number of nitrogens with zero attached hydrogens (tertiary/aromatic N) is 3. The molecule has 3 heterocycles. The number of aromatic nitrogens is 2. The van der Waals surface area contributed by atoms with Gasteiger partial charge in [0, 0.05) is 30.4 Å². The number of thiazole rings is 1. The third kappa shape index (κ3) is 5.01. The topological polar surface area (TPSA) is 88.3 Å². The van der Waals surface area contributed by atoms with Gasteiger partial charge in [-0.15, -0.1) is 11.3 Å². The first-order valence-electron chi connectivity index (χ1n) is 8.50. The van der Waals surface area contributed by atoms with E-state index >= 15 is 0 Å². The van der Waals surface area contributed by atoms with Gasteiger partial charge in [0.2, 0.25) is 5.91 Å². The molecule has 3 aromatic heterocycles. The fourth-order valence-electron chi connectivity index (χ4n) is 2.52. The largest absolute Gasteiger partial charge is 0.459 e. The van der Waals surface area contributed by atoms with Gasteiger partial charge < -0.3 is 9.32 Å². The minimum absolute atomic E-state index is 0.0249. The summed E-state index contributed by atoms with van der Waals surface area (Å²) in [6.07, 6.45) is 5.07. The second kappa shape index (κ2) is 8.59. The summed E-state index contributed by atoms with van der Waals surface area (Å²) in [5.74, 6) is -0.180. The van der Waals surface area contributed by atoms with Crippen LogP contribution in [0.3, 0.4) is 0 Å². The number of carbonyl (C=O) groups excluding carboxylic acids is 2. The fourth-order valence-corrected chi connectivity index (χ4v) is 3.22. The molecule has 0 aromatic carbocycles. The van der Waals surface area contributed by atoms with Crippen LogP contribution in [0.25, 0.3) is 0 Å². The molecule has 0 radical (unpaired) electrons. The molecule has 0 unspecified atom stereocenters. The Morgan fingerprint density at radius 3 is 2.81 bits per heavy atom. The summed E-state index contributed by atoms with van der Waals surface area (Å²) in [4.78, 5) is 35.0. The number of hydrogen-bond acceptors (Lipinski definition) is 6. The number of pyridine rings is 1. The summed E-state index contributed by atoms with van der Waals surface area (Å²) in [6.45, 7) is 4.45. The molecule has 0 spiro atoms. The van der Waals surface area contributed by atoms with Gasteiger partial charge in [-0.3, -0.25) is 19.9 Å². The molecule has 0 fully saturated rings. The van der Waals surface area contributed by atoms with Gasteiger partial charge in [0.15, 0.2) is 10.9 Å². The predicted octanol–water partition coefficient (Wildman–Crippen LogP) is 3.36. The molecule has 2 amide bonds. The molecule has 8 heteroatoms. The van der Waals surface area contributed by atoms with Crippen molar-refractivity contribution in [3.63, 3.8) is 0 Å². The molecule has 3 rings (SSSR count). The predicted molar refractivity (Wildman–Crippen MR) is 102 cm³/mol. The van der Waals surface area contributed by atoms with E-state index in [-0.39, 0.29) is 30.0 Å². The third-order valence-electron chi connectivity index (χ3n) is 3.87. The average molecular weight is 384 g/mol. The standard InChI is InChI=1S/C19H20N4O3S/c1-13(2)23(11-14-5-3-7-20-10-14)17(24)9-15-12-27-19(21-15)22-18(25)16-6-4-8-26-16/h3-8,10,12-13H,9,11H2,1-2H3,(H,21,22,25). The van der Waals surface area contributed by atoms with Crippen LogP contribution in [0.4, 0.5) is 5.13 Å². The molecular formula is C19H20N4O3S. The lowest BCUT2D eigenvalue weighted by Crippen LogP contribution is -2.37. The number of nitrogens with one attached hydrogen (secondary N) is 1. The van der Waals surface area contributed by atoms with Crippen LogP contribution in [-0.2, 0) is 17.8 Å². The van der Waals surface area contributed by atoms with E-state index in [1.54, 1.807) is 34.8 Å². The third-order valence-corrected chi connectivity index (χ3v) is 4.68. The Morgan fingerprint density at radius 2 is 2.15 bits per heavy atom. The number of hydrogen-bond donors (Lipinski definition) is 1.